The van der Waals surface area contributed by atoms with E-state index < -0.39 is 0 Å². The van der Waals surface area contributed by atoms with Gasteiger partial charge >= 0.3 is 0 Å². The molecular weight excluding hydrogens is 292 g/mol. The van der Waals surface area contributed by atoms with Gasteiger partial charge in [-0.25, -0.2) is 0 Å². The number of benzene rings is 2. The van der Waals surface area contributed by atoms with Crippen LogP contribution < -0.4 is 0 Å². The molecule has 0 saturated heterocycles. The fraction of sp³-hybridized carbons (Fsp3) is 0.478. The Bertz CT molecular complexity index is 666. The van der Waals surface area contributed by atoms with Crippen LogP contribution in [0.2, 0.25) is 0 Å². The summed E-state index contributed by atoms with van der Waals surface area (Å²) in [5.74, 6) is 1.14. The van der Waals surface area contributed by atoms with Crippen LogP contribution in [0.4, 0.5) is 0 Å². The highest BCUT2D eigenvalue weighted by Gasteiger charge is 2.67. The molecule has 0 amide bonds. The van der Waals surface area contributed by atoms with Crippen LogP contribution in [-0.4, -0.2) is 11.2 Å². The van der Waals surface area contributed by atoms with Gasteiger partial charge in [0.25, 0.3) is 0 Å². The Morgan fingerprint density at radius 3 is 1.79 bits per heavy atom. The lowest BCUT2D eigenvalue weighted by Crippen LogP contribution is -2.39. The van der Waals surface area contributed by atoms with Gasteiger partial charge in [-0.3, -0.25) is 0 Å². The quantitative estimate of drug-likeness (QED) is 0.818. The predicted molar refractivity (Wildman–Crippen MR) is 98.8 cm³/mol. The Morgan fingerprint density at radius 1 is 0.875 bits per heavy atom. The van der Waals surface area contributed by atoms with Crippen LogP contribution in [0.15, 0.2) is 60.7 Å². The van der Waals surface area contributed by atoms with Gasteiger partial charge in [-0.15, -0.1) is 0 Å². The maximum atomic E-state index is 11.4. The molecule has 1 nitrogen and oxygen atoms in total. The van der Waals surface area contributed by atoms with Gasteiger partial charge in [-0.2, -0.15) is 0 Å². The Labute approximate surface area is 145 Å². The number of rotatable bonds is 3. The molecule has 2 fully saturated rings. The highest BCUT2D eigenvalue weighted by molar-refractivity contribution is 5.36. The molecule has 4 rings (SSSR count). The van der Waals surface area contributed by atoms with E-state index in [9.17, 15) is 5.11 Å². The zero-order valence-electron chi connectivity index (χ0n) is 14.9. The molecule has 2 aromatic carbocycles. The predicted octanol–water partition coefficient (Wildman–Crippen LogP) is 5.25. The lowest BCUT2D eigenvalue weighted by Gasteiger charge is -2.39. The summed E-state index contributed by atoms with van der Waals surface area (Å²) < 4.78 is 0. The van der Waals surface area contributed by atoms with E-state index in [0.717, 1.165) is 6.42 Å². The summed E-state index contributed by atoms with van der Waals surface area (Å²) in [4.78, 5) is 0. The highest BCUT2D eigenvalue weighted by atomic mass is 16.3. The minimum atomic E-state index is -0.239. The third-order valence-electron chi connectivity index (χ3n) is 7.56. The number of aliphatic hydroxyl groups excluding tert-OH is 1. The van der Waals surface area contributed by atoms with E-state index in [1.165, 1.54) is 17.5 Å². The smallest absolute Gasteiger partial charge is 0.0639 e. The first-order chi connectivity index (χ1) is 11.5. The first-order valence-electron chi connectivity index (χ1n) is 9.25. The zero-order valence-corrected chi connectivity index (χ0v) is 14.9. The zero-order chi connectivity index (χ0) is 16.9. The molecule has 2 aliphatic rings. The number of hydrogen-bond acceptors (Lipinski definition) is 1. The van der Waals surface area contributed by atoms with E-state index in [1.807, 2.05) is 0 Å². The van der Waals surface area contributed by atoms with E-state index in [2.05, 4.69) is 81.4 Å². The number of fused-ring (bicyclic) bond motifs is 2. The Balaban J connectivity index is 1.84. The summed E-state index contributed by atoms with van der Waals surface area (Å²) in [7, 11) is 0. The summed E-state index contributed by atoms with van der Waals surface area (Å²) in [5.41, 5.74) is 2.89. The molecule has 126 valence electrons. The molecular formula is C23H28O. The Morgan fingerprint density at radius 2 is 1.38 bits per heavy atom. The Hall–Kier alpha value is -1.60. The van der Waals surface area contributed by atoms with Crippen LogP contribution in [-0.2, 0) is 0 Å². The molecule has 0 spiro atoms. The average molecular weight is 320 g/mol. The summed E-state index contributed by atoms with van der Waals surface area (Å²) in [5, 5.41) is 11.4. The summed E-state index contributed by atoms with van der Waals surface area (Å²) >= 11 is 0. The molecule has 1 heteroatoms. The fourth-order valence-corrected chi connectivity index (χ4v) is 5.78. The molecule has 2 bridgehead atoms. The van der Waals surface area contributed by atoms with Crippen molar-refractivity contribution in [3.63, 3.8) is 0 Å². The molecule has 0 aliphatic heterocycles. The monoisotopic (exact) mass is 320 g/mol. The minimum absolute atomic E-state index is 0.0319. The second-order valence-corrected chi connectivity index (χ2v) is 8.61. The van der Waals surface area contributed by atoms with Crippen LogP contribution >= 0.6 is 0 Å². The third-order valence-corrected chi connectivity index (χ3v) is 7.56. The van der Waals surface area contributed by atoms with Crippen LogP contribution in [0.1, 0.15) is 50.7 Å². The molecule has 0 unspecified atom stereocenters. The first-order valence-corrected chi connectivity index (χ1v) is 9.25. The second-order valence-electron chi connectivity index (χ2n) is 8.61. The van der Waals surface area contributed by atoms with Crippen LogP contribution in [0.5, 0.6) is 0 Å². The van der Waals surface area contributed by atoms with Crippen molar-refractivity contribution in [2.45, 2.75) is 45.6 Å². The van der Waals surface area contributed by atoms with Crippen molar-refractivity contribution in [1.82, 2.24) is 0 Å². The van der Waals surface area contributed by atoms with Gasteiger partial charge in [-0.05, 0) is 46.6 Å². The van der Waals surface area contributed by atoms with E-state index in [4.69, 9.17) is 0 Å². The summed E-state index contributed by atoms with van der Waals surface area (Å²) in [6.07, 6.45) is 2.15. The van der Waals surface area contributed by atoms with Crippen LogP contribution in [0, 0.1) is 22.7 Å². The van der Waals surface area contributed by atoms with E-state index in [1.54, 1.807) is 0 Å². The lowest BCUT2D eigenvalue weighted by atomic mass is 9.69. The standard InChI is InChI=1S/C23H28O/c1-22(2)18-14-15-23(22,3)21(24)20(18)19(16-10-6-4-7-11-16)17-12-8-5-9-13-17/h4-13,18-21,24H,14-15H2,1-3H3/t18-,20+,21-,23-/m1/s1. The SMILES string of the molecule is CC1(C)[C@@H]2CC[C@]1(C)[C@H](O)[C@@H]2C(c1ccccc1)c1ccccc1. The van der Waals surface area contributed by atoms with Crippen molar-refractivity contribution in [2.24, 2.45) is 22.7 Å². The summed E-state index contributed by atoms with van der Waals surface area (Å²) in [6.45, 7) is 7.06. The molecule has 1 N–H and O–H groups in total. The van der Waals surface area contributed by atoms with Gasteiger partial charge in [0.2, 0.25) is 0 Å². The fourth-order valence-electron chi connectivity index (χ4n) is 5.78. The normalized spacial score (nSPS) is 34.0. The van der Waals surface area contributed by atoms with E-state index >= 15 is 0 Å². The molecule has 2 aromatic rings. The minimum Gasteiger partial charge on any atom is -0.392 e. The molecule has 4 atom stereocenters. The van der Waals surface area contributed by atoms with Crippen LogP contribution in [0.25, 0.3) is 0 Å². The topological polar surface area (TPSA) is 20.2 Å². The van der Waals surface area contributed by atoms with Crippen molar-refractivity contribution < 1.29 is 5.11 Å². The third kappa shape index (κ3) is 2.04. The van der Waals surface area contributed by atoms with Crippen molar-refractivity contribution in [2.75, 3.05) is 0 Å². The Kier molecular flexibility index (Phi) is 3.61. The summed E-state index contributed by atoms with van der Waals surface area (Å²) in [6, 6.07) is 21.6. The maximum Gasteiger partial charge on any atom is 0.0639 e. The number of hydrogen-bond donors (Lipinski definition) is 1. The van der Waals surface area contributed by atoms with Crippen molar-refractivity contribution in [1.29, 1.82) is 0 Å². The van der Waals surface area contributed by atoms with Crippen molar-refractivity contribution in [3.8, 4) is 0 Å². The molecule has 2 saturated carbocycles. The van der Waals surface area contributed by atoms with Gasteiger partial charge in [0.1, 0.15) is 0 Å². The van der Waals surface area contributed by atoms with Gasteiger partial charge in [-0.1, -0.05) is 81.4 Å². The number of aliphatic hydroxyl groups is 1. The second kappa shape index (κ2) is 5.46. The van der Waals surface area contributed by atoms with Crippen molar-refractivity contribution >= 4 is 0 Å². The molecule has 0 heterocycles. The average Bonchev–Trinajstić information content (AvgIpc) is 2.91. The van der Waals surface area contributed by atoms with Gasteiger partial charge < -0.3 is 5.11 Å². The first kappa shape index (κ1) is 15.9. The van der Waals surface area contributed by atoms with Gasteiger partial charge in [0.15, 0.2) is 0 Å². The van der Waals surface area contributed by atoms with E-state index in [0.29, 0.717) is 11.8 Å². The van der Waals surface area contributed by atoms with Gasteiger partial charge in [0.05, 0.1) is 6.10 Å². The largest absolute Gasteiger partial charge is 0.392 e. The van der Waals surface area contributed by atoms with Crippen LogP contribution in [0.3, 0.4) is 0 Å². The molecule has 2 aliphatic carbocycles. The molecule has 0 radical (unpaired) electrons. The molecule has 0 aromatic heterocycles. The lowest BCUT2D eigenvalue weighted by molar-refractivity contribution is -0.0139. The van der Waals surface area contributed by atoms with Gasteiger partial charge in [0, 0.05) is 5.92 Å². The maximum absolute atomic E-state index is 11.4. The molecule has 24 heavy (non-hydrogen) atoms. The van der Waals surface area contributed by atoms with E-state index in [-0.39, 0.29) is 22.9 Å². The highest BCUT2D eigenvalue weighted by Crippen LogP contribution is 2.70. The van der Waals surface area contributed by atoms with Crippen molar-refractivity contribution in [3.05, 3.63) is 71.8 Å².